The molecule has 2 atom stereocenters. The molecule has 16 heteroatoms. The molecule has 2 amide bonds. The highest BCUT2D eigenvalue weighted by Crippen LogP contribution is 2.48. The number of methoxy groups -OCH3 is 1. The van der Waals surface area contributed by atoms with E-state index >= 15 is 8.78 Å². The van der Waals surface area contributed by atoms with Gasteiger partial charge in [-0.15, -0.1) is 0 Å². The molecule has 2 aromatic heterocycles. The first-order valence-electron chi connectivity index (χ1n) is 13.8. The summed E-state index contributed by atoms with van der Waals surface area (Å²) >= 11 is 5.73. The molecule has 0 saturated heterocycles. The number of nitrogens with two attached hydrogens (primary N) is 1. The summed E-state index contributed by atoms with van der Waals surface area (Å²) in [6.45, 7) is -0.718. The number of fused-ring (bicyclic) bond motifs is 2. The van der Waals surface area contributed by atoms with Gasteiger partial charge in [-0.3, -0.25) is 14.3 Å². The van der Waals surface area contributed by atoms with Crippen molar-refractivity contribution in [3.8, 4) is 22.8 Å². The molecule has 1 fully saturated rings. The van der Waals surface area contributed by atoms with Crippen LogP contribution < -0.4 is 20.5 Å². The van der Waals surface area contributed by atoms with E-state index in [0.29, 0.717) is 23.0 Å². The molecule has 242 valence electrons. The summed E-state index contributed by atoms with van der Waals surface area (Å²) in [5, 5.41) is 18.0. The summed E-state index contributed by atoms with van der Waals surface area (Å²) in [5.74, 6) is -4.84. The number of alkyl halides is 3. The Hall–Kier alpha value is -4.50. The van der Waals surface area contributed by atoms with Crippen molar-refractivity contribution in [3.05, 3.63) is 70.0 Å². The molecule has 4 N–H and O–H groups in total. The van der Waals surface area contributed by atoms with Gasteiger partial charge in [0.25, 0.3) is 5.91 Å². The van der Waals surface area contributed by atoms with Crippen molar-refractivity contribution >= 4 is 34.3 Å². The molecule has 10 nitrogen and oxygen atoms in total. The van der Waals surface area contributed by atoms with Crippen molar-refractivity contribution in [2.24, 2.45) is 5.73 Å². The number of carbonyl (C=O) groups excluding carboxylic acids is 2. The fourth-order valence-corrected chi connectivity index (χ4v) is 5.51. The molecule has 46 heavy (non-hydrogen) atoms. The predicted octanol–water partition coefficient (Wildman–Crippen LogP) is 4.69. The van der Waals surface area contributed by atoms with Crippen molar-refractivity contribution in [1.29, 1.82) is 0 Å². The zero-order valence-corrected chi connectivity index (χ0v) is 24.9. The van der Waals surface area contributed by atoms with Gasteiger partial charge in [0.05, 0.1) is 31.0 Å². The third kappa shape index (κ3) is 5.07. The number of primary amides is 1. The van der Waals surface area contributed by atoms with Gasteiger partial charge in [-0.1, -0.05) is 11.6 Å². The van der Waals surface area contributed by atoms with E-state index in [9.17, 15) is 27.9 Å². The van der Waals surface area contributed by atoms with Crippen LogP contribution in [0.4, 0.5) is 22.0 Å². The Morgan fingerprint density at radius 3 is 2.46 bits per heavy atom. The third-order valence-corrected chi connectivity index (χ3v) is 8.47. The normalized spacial score (nSPS) is 19.0. The van der Waals surface area contributed by atoms with E-state index in [4.69, 9.17) is 26.8 Å². The number of hydrogen-bond donors (Lipinski definition) is 3. The minimum Gasteiger partial charge on any atom is -0.494 e. The van der Waals surface area contributed by atoms with Crippen molar-refractivity contribution in [2.45, 2.75) is 43.0 Å². The van der Waals surface area contributed by atoms with Crippen molar-refractivity contribution in [1.82, 2.24) is 20.1 Å². The Morgan fingerprint density at radius 2 is 1.87 bits per heavy atom. The Balaban J connectivity index is 1.43. The van der Waals surface area contributed by atoms with Gasteiger partial charge in [-0.25, -0.2) is 13.8 Å². The molecule has 0 bridgehead atoms. The summed E-state index contributed by atoms with van der Waals surface area (Å²) < 4.78 is 87.0. The molecule has 2 aromatic carbocycles. The van der Waals surface area contributed by atoms with Gasteiger partial charge >= 0.3 is 6.18 Å². The van der Waals surface area contributed by atoms with Crippen molar-refractivity contribution < 1.29 is 46.1 Å². The van der Waals surface area contributed by atoms with Crippen LogP contribution in [0, 0.1) is 11.6 Å². The Morgan fingerprint density at radius 1 is 1.20 bits per heavy atom. The van der Waals surface area contributed by atoms with Crippen LogP contribution in [0.25, 0.3) is 22.2 Å². The summed E-state index contributed by atoms with van der Waals surface area (Å²) in [6, 6.07) is 5.05. The molecule has 6 rings (SSSR count). The van der Waals surface area contributed by atoms with Gasteiger partial charge in [-0.2, -0.15) is 18.3 Å². The largest absolute Gasteiger partial charge is 0.494 e. The highest BCUT2D eigenvalue weighted by Gasteiger charge is 2.58. The van der Waals surface area contributed by atoms with E-state index in [1.165, 1.54) is 26.2 Å². The Bertz CT molecular complexity index is 1910. The number of aromatic nitrogens is 3. The van der Waals surface area contributed by atoms with E-state index in [0.717, 1.165) is 18.9 Å². The van der Waals surface area contributed by atoms with Crippen LogP contribution in [0.5, 0.6) is 11.5 Å². The third-order valence-electron chi connectivity index (χ3n) is 8.25. The number of hydrogen-bond acceptors (Lipinski definition) is 7. The van der Waals surface area contributed by atoms with Gasteiger partial charge in [0.1, 0.15) is 46.4 Å². The van der Waals surface area contributed by atoms with Crippen LogP contribution in [0.15, 0.2) is 36.5 Å². The molecule has 4 aromatic rings. The summed E-state index contributed by atoms with van der Waals surface area (Å²) in [7, 11) is 1.35. The fourth-order valence-electron chi connectivity index (χ4n) is 5.32. The maximum absolute atomic E-state index is 15.1. The number of amides is 2. The van der Waals surface area contributed by atoms with E-state index in [2.05, 4.69) is 15.4 Å². The first-order valence-corrected chi connectivity index (χ1v) is 14.2. The summed E-state index contributed by atoms with van der Waals surface area (Å²) in [5.41, 5.74) is -2.97. The fraction of sp³-hybridized carbons (Fsp3) is 0.333. The van der Waals surface area contributed by atoms with E-state index < -0.39 is 76.5 Å². The van der Waals surface area contributed by atoms with Gasteiger partial charge in [0, 0.05) is 27.7 Å². The monoisotopic (exact) mass is 665 g/mol. The first kappa shape index (κ1) is 31.5. The number of aliphatic hydroxyl groups is 1. The molecule has 0 unspecified atom stereocenters. The second kappa shape index (κ2) is 10.8. The zero-order valence-electron chi connectivity index (χ0n) is 24.1. The highest BCUT2D eigenvalue weighted by atomic mass is 35.5. The highest BCUT2D eigenvalue weighted by molar-refractivity contribution is 6.30. The van der Waals surface area contributed by atoms with E-state index in [1.807, 2.05) is 0 Å². The van der Waals surface area contributed by atoms with Crippen LogP contribution in [-0.4, -0.2) is 58.1 Å². The topological polar surface area (TPSA) is 142 Å². The van der Waals surface area contributed by atoms with Crippen molar-refractivity contribution in [2.75, 3.05) is 20.3 Å². The minimum absolute atomic E-state index is 0.0909. The van der Waals surface area contributed by atoms with E-state index in [1.54, 1.807) is 10.9 Å². The van der Waals surface area contributed by atoms with E-state index in [-0.39, 0.29) is 27.9 Å². The lowest BCUT2D eigenvalue weighted by Gasteiger charge is -2.31. The number of halogens is 6. The molecular formula is C30H25ClF5N5O5. The number of rotatable bonds is 8. The summed E-state index contributed by atoms with van der Waals surface area (Å²) in [6.07, 6.45) is -1.95. The maximum Gasteiger partial charge on any atom is 0.424 e. The number of ether oxygens (including phenoxy) is 2. The van der Waals surface area contributed by atoms with Crippen LogP contribution in [0.2, 0.25) is 5.02 Å². The predicted molar refractivity (Wildman–Crippen MR) is 153 cm³/mol. The lowest BCUT2D eigenvalue weighted by Crippen LogP contribution is -2.51. The molecule has 2 aliphatic rings. The smallest absolute Gasteiger partial charge is 0.424 e. The quantitative estimate of drug-likeness (QED) is 0.232. The molecular weight excluding hydrogens is 641 g/mol. The van der Waals surface area contributed by atoms with Gasteiger partial charge < -0.3 is 25.6 Å². The average Bonchev–Trinajstić information content (AvgIpc) is 3.65. The van der Waals surface area contributed by atoms with Gasteiger partial charge in [-0.05, 0) is 50.1 Å². The van der Waals surface area contributed by atoms with Gasteiger partial charge in [0.2, 0.25) is 11.5 Å². The molecule has 0 spiro atoms. The van der Waals surface area contributed by atoms with Crippen LogP contribution in [-0.2, 0) is 15.8 Å². The van der Waals surface area contributed by atoms with Crippen LogP contribution >= 0.6 is 11.6 Å². The lowest BCUT2D eigenvalue weighted by molar-refractivity contribution is -0.265. The average molecular weight is 666 g/mol. The second-order valence-corrected chi connectivity index (χ2v) is 11.9. The molecule has 1 aliphatic carbocycles. The zero-order chi connectivity index (χ0) is 33.3. The van der Waals surface area contributed by atoms with Crippen molar-refractivity contribution in [3.63, 3.8) is 0 Å². The maximum atomic E-state index is 15.1. The molecule has 1 aliphatic heterocycles. The lowest BCUT2D eigenvalue weighted by atomic mass is 9.81. The Kier molecular flexibility index (Phi) is 7.39. The molecule has 1 saturated carbocycles. The minimum atomic E-state index is -5.51. The number of benzene rings is 2. The number of carbonyl (C=O) groups is 2. The number of nitrogens with zero attached hydrogens (tertiary/aromatic N) is 3. The van der Waals surface area contributed by atoms with Crippen LogP contribution in [0.1, 0.15) is 47.4 Å². The number of pyridine rings is 1. The summed E-state index contributed by atoms with van der Waals surface area (Å²) in [4.78, 5) is 29.5. The second-order valence-electron chi connectivity index (χ2n) is 11.5. The van der Waals surface area contributed by atoms with Gasteiger partial charge in [0.15, 0.2) is 0 Å². The Labute approximate surface area is 262 Å². The molecule has 3 heterocycles. The molecule has 0 radical (unpaired) electrons. The first-order chi connectivity index (χ1) is 21.6. The standard InChI is InChI=1S/C30H25ClF5N5O5/c1-28(27(37)43)12-46-25-17(28)9-21(39-24(25)22-18(32)7-15(31)8-19(22)33)29(44,30(34,35)36)11-38-26(42)13-5-14-10-41(16-3-4-16)40-23(14)20(6-13)45-2/h5-10,16,44H,3-4,11-12H2,1-2H3,(H2,37,43)(H,38,42)/t28-,29-/m0/s1. The van der Waals surface area contributed by atoms with Crippen LogP contribution in [0.3, 0.4) is 0 Å². The number of nitrogens with one attached hydrogen (secondary N) is 1. The SMILES string of the molecule is COc1cc(C(=O)NC[C@](O)(c2cc3c(c(-c4c(F)cc(Cl)cc4F)n2)OC[C@]3(C)C(N)=O)C(F)(F)F)cc2cn(C3CC3)nc12.